The van der Waals surface area contributed by atoms with Crippen LogP contribution >= 0.6 is 0 Å². The molecule has 0 aliphatic heterocycles. The van der Waals surface area contributed by atoms with Gasteiger partial charge in [0.05, 0.1) is 12.5 Å². The Kier molecular flexibility index (Phi) is 4.37. The fraction of sp³-hybridized carbons (Fsp3) is 0.350. The Labute approximate surface area is 137 Å². The molecule has 2 aromatic rings. The number of hydrogen-bond acceptors (Lipinski definition) is 2. The highest BCUT2D eigenvalue weighted by atomic mass is 16.5. The van der Waals surface area contributed by atoms with Gasteiger partial charge in [0.1, 0.15) is 5.75 Å². The van der Waals surface area contributed by atoms with Gasteiger partial charge in [0.25, 0.3) is 0 Å². The third-order valence-corrected chi connectivity index (χ3v) is 4.63. The molecule has 2 aromatic carbocycles. The molecule has 23 heavy (non-hydrogen) atoms. The van der Waals surface area contributed by atoms with Gasteiger partial charge in [-0.25, -0.2) is 0 Å². The van der Waals surface area contributed by atoms with Gasteiger partial charge in [-0.15, -0.1) is 0 Å². The molecular weight excluding hydrogens is 286 g/mol. The molecule has 1 saturated carbocycles. The van der Waals surface area contributed by atoms with E-state index >= 15 is 0 Å². The number of nitrogens with one attached hydrogen (secondary N) is 1. The summed E-state index contributed by atoms with van der Waals surface area (Å²) in [6.45, 7) is 2.70. The second kappa shape index (κ2) is 6.45. The minimum atomic E-state index is -0.294. The Morgan fingerprint density at radius 2 is 1.91 bits per heavy atom. The molecule has 3 nitrogen and oxygen atoms in total. The van der Waals surface area contributed by atoms with Gasteiger partial charge >= 0.3 is 0 Å². The SMILES string of the molecule is COc1ccc(C)cc1CCNC(=O)C1(c2ccccc2)CC1. The van der Waals surface area contributed by atoms with Gasteiger partial charge in [-0.1, -0.05) is 48.0 Å². The van der Waals surface area contributed by atoms with Crippen LogP contribution in [0.3, 0.4) is 0 Å². The Morgan fingerprint density at radius 3 is 2.57 bits per heavy atom. The van der Waals surface area contributed by atoms with Crippen molar-refractivity contribution in [1.82, 2.24) is 5.32 Å². The molecule has 1 fully saturated rings. The van der Waals surface area contributed by atoms with Gasteiger partial charge in [0.15, 0.2) is 0 Å². The smallest absolute Gasteiger partial charge is 0.230 e. The molecule has 0 spiro atoms. The number of carbonyl (C=O) groups is 1. The number of benzene rings is 2. The molecular formula is C20H23NO2. The number of methoxy groups -OCH3 is 1. The third-order valence-electron chi connectivity index (χ3n) is 4.63. The Hall–Kier alpha value is -2.29. The number of aryl methyl sites for hydroxylation is 1. The maximum atomic E-state index is 12.6. The van der Waals surface area contributed by atoms with Crippen molar-refractivity contribution in [3.05, 3.63) is 65.2 Å². The molecule has 0 heterocycles. The topological polar surface area (TPSA) is 38.3 Å². The van der Waals surface area contributed by atoms with Crippen molar-refractivity contribution in [3.8, 4) is 5.75 Å². The first-order valence-electron chi connectivity index (χ1n) is 8.13. The minimum Gasteiger partial charge on any atom is -0.496 e. The second-order valence-corrected chi connectivity index (χ2v) is 6.27. The Bertz CT molecular complexity index is 690. The molecule has 0 atom stereocenters. The monoisotopic (exact) mass is 309 g/mol. The fourth-order valence-corrected chi connectivity index (χ4v) is 3.11. The number of ether oxygens (including phenoxy) is 1. The highest BCUT2D eigenvalue weighted by molar-refractivity contribution is 5.91. The standard InChI is InChI=1S/C20H23NO2/c1-15-8-9-18(23-2)16(14-15)10-13-21-19(22)20(11-12-20)17-6-4-3-5-7-17/h3-9,14H,10-13H2,1-2H3,(H,21,22). The van der Waals surface area contributed by atoms with E-state index in [1.54, 1.807) is 7.11 Å². The molecule has 1 aliphatic carbocycles. The predicted octanol–water partition coefficient (Wildman–Crippen LogP) is 3.39. The minimum absolute atomic E-state index is 0.148. The van der Waals surface area contributed by atoms with Crippen LogP contribution in [0.2, 0.25) is 0 Å². The Balaban J connectivity index is 1.61. The van der Waals surface area contributed by atoms with Crippen molar-refractivity contribution >= 4 is 5.91 Å². The summed E-state index contributed by atoms with van der Waals surface area (Å²) in [5, 5.41) is 3.11. The van der Waals surface area contributed by atoms with E-state index in [0.29, 0.717) is 6.54 Å². The van der Waals surface area contributed by atoms with E-state index in [-0.39, 0.29) is 11.3 Å². The number of carbonyl (C=O) groups excluding carboxylic acids is 1. The van der Waals surface area contributed by atoms with E-state index in [9.17, 15) is 4.79 Å². The molecule has 0 saturated heterocycles. The van der Waals surface area contributed by atoms with Crippen LogP contribution in [-0.2, 0) is 16.6 Å². The molecule has 120 valence electrons. The number of rotatable bonds is 6. The summed E-state index contributed by atoms with van der Waals surface area (Å²) in [5.41, 5.74) is 3.18. The van der Waals surface area contributed by atoms with Crippen LogP contribution in [-0.4, -0.2) is 19.6 Å². The summed E-state index contributed by atoms with van der Waals surface area (Å²) >= 11 is 0. The van der Waals surface area contributed by atoms with Gasteiger partial charge in [-0.3, -0.25) is 4.79 Å². The van der Waals surface area contributed by atoms with Crippen molar-refractivity contribution in [1.29, 1.82) is 0 Å². The van der Waals surface area contributed by atoms with Gasteiger partial charge in [0, 0.05) is 6.54 Å². The lowest BCUT2D eigenvalue weighted by atomic mass is 9.95. The van der Waals surface area contributed by atoms with Crippen molar-refractivity contribution < 1.29 is 9.53 Å². The van der Waals surface area contributed by atoms with E-state index in [0.717, 1.165) is 36.1 Å². The van der Waals surface area contributed by atoms with Crippen molar-refractivity contribution in [3.63, 3.8) is 0 Å². The summed E-state index contributed by atoms with van der Waals surface area (Å²) in [5.74, 6) is 1.03. The van der Waals surface area contributed by atoms with Crippen molar-refractivity contribution in [2.75, 3.05) is 13.7 Å². The quantitative estimate of drug-likeness (QED) is 0.888. The lowest BCUT2D eigenvalue weighted by Gasteiger charge is -2.16. The molecule has 1 N–H and O–H groups in total. The zero-order valence-electron chi connectivity index (χ0n) is 13.8. The van der Waals surface area contributed by atoms with E-state index in [4.69, 9.17) is 4.74 Å². The zero-order valence-corrected chi connectivity index (χ0v) is 13.8. The molecule has 1 amide bonds. The molecule has 0 bridgehead atoms. The summed E-state index contributed by atoms with van der Waals surface area (Å²) in [4.78, 5) is 12.6. The Morgan fingerprint density at radius 1 is 1.17 bits per heavy atom. The highest BCUT2D eigenvalue weighted by Gasteiger charge is 2.50. The molecule has 3 heteroatoms. The first-order valence-corrected chi connectivity index (χ1v) is 8.13. The van der Waals surface area contributed by atoms with Crippen molar-refractivity contribution in [2.45, 2.75) is 31.6 Å². The largest absolute Gasteiger partial charge is 0.496 e. The first kappa shape index (κ1) is 15.6. The molecule has 0 unspecified atom stereocenters. The summed E-state index contributed by atoms with van der Waals surface area (Å²) in [7, 11) is 1.68. The maximum absolute atomic E-state index is 12.6. The normalized spacial score (nSPS) is 15.0. The van der Waals surface area contributed by atoms with Gasteiger partial charge in [-0.2, -0.15) is 0 Å². The van der Waals surface area contributed by atoms with Crippen LogP contribution in [0, 0.1) is 6.92 Å². The number of amides is 1. The first-order chi connectivity index (χ1) is 11.2. The molecule has 0 aromatic heterocycles. The summed E-state index contributed by atoms with van der Waals surface area (Å²) in [6.07, 6.45) is 2.66. The maximum Gasteiger partial charge on any atom is 0.230 e. The summed E-state index contributed by atoms with van der Waals surface area (Å²) < 4.78 is 5.39. The van der Waals surface area contributed by atoms with Gasteiger partial charge < -0.3 is 10.1 Å². The van der Waals surface area contributed by atoms with E-state index < -0.39 is 0 Å². The average molecular weight is 309 g/mol. The van der Waals surface area contributed by atoms with Crippen LogP contribution < -0.4 is 10.1 Å². The van der Waals surface area contributed by atoms with E-state index in [1.165, 1.54) is 5.56 Å². The van der Waals surface area contributed by atoms with Crippen LogP contribution in [0.4, 0.5) is 0 Å². The van der Waals surface area contributed by atoms with Gasteiger partial charge in [0.2, 0.25) is 5.91 Å². The van der Waals surface area contributed by atoms with E-state index in [2.05, 4.69) is 30.4 Å². The van der Waals surface area contributed by atoms with Crippen LogP contribution in [0.5, 0.6) is 5.75 Å². The average Bonchev–Trinajstić information content (AvgIpc) is 3.38. The molecule has 3 rings (SSSR count). The van der Waals surface area contributed by atoms with Gasteiger partial charge in [-0.05, 0) is 43.4 Å². The van der Waals surface area contributed by atoms with Crippen molar-refractivity contribution in [2.24, 2.45) is 0 Å². The van der Waals surface area contributed by atoms with Crippen LogP contribution in [0.1, 0.15) is 29.5 Å². The lowest BCUT2D eigenvalue weighted by molar-refractivity contribution is -0.123. The zero-order chi connectivity index (χ0) is 16.3. The molecule has 0 radical (unpaired) electrons. The lowest BCUT2D eigenvalue weighted by Crippen LogP contribution is -2.35. The third kappa shape index (κ3) is 3.24. The van der Waals surface area contributed by atoms with E-state index in [1.807, 2.05) is 30.3 Å². The second-order valence-electron chi connectivity index (χ2n) is 6.27. The summed E-state index contributed by atoms with van der Waals surface area (Å²) in [6, 6.07) is 16.2. The van der Waals surface area contributed by atoms with Crippen LogP contribution in [0.25, 0.3) is 0 Å². The molecule has 1 aliphatic rings. The number of hydrogen-bond donors (Lipinski definition) is 1. The fourth-order valence-electron chi connectivity index (χ4n) is 3.11. The highest BCUT2D eigenvalue weighted by Crippen LogP contribution is 2.48. The van der Waals surface area contributed by atoms with Crippen LogP contribution in [0.15, 0.2) is 48.5 Å². The predicted molar refractivity (Wildman–Crippen MR) is 91.8 cm³/mol.